The maximum Gasteiger partial charge on any atom is 0.356 e. The van der Waals surface area contributed by atoms with Crippen LogP contribution in [-0.4, -0.2) is 37.3 Å². The molecule has 1 aromatic heterocycles. The molecule has 1 heterocycles. The van der Waals surface area contributed by atoms with Crippen LogP contribution in [0.3, 0.4) is 0 Å². The molecule has 0 amide bonds. The molecule has 2 aromatic rings. The summed E-state index contributed by atoms with van der Waals surface area (Å²) in [5, 5.41) is 0.387. The molecule has 0 spiro atoms. The first kappa shape index (κ1) is 14.2. The van der Waals surface area contributed by atoms with Crippen molar-refractivity contribution in [1.82, 2.24) is 9.97 Å². The second-order valence-corrected chi connectivity index (χ2v) is 4.24. The fourth-order valence-electron chi connectivity index (χ4n) is 1.74. The van der Waals surface area contributed by atoms with Gasteiger partial charge in [0, 0.05) is 5.56 Å². The molecule has 0 atom stereocenters. The molecule has 0 unspecified atom stereocenters. The zero-order valence-electron chi connectivity index (χ0n) is 11.2. The Bertz CT molecular complexity index is 639. The van der Waals surface area contributed by atoms with E-state index in [1.807, 2.05) is 0 Å². The number of carbonyl (C=O) groups is 1. The van der Waals surface area contributed by atoms with Gasteiger partial charge < -0.3 is 19.2 Å². The Morgan fingerprint density at radius 3 is 2.60 bits per heavy atom. The quantitative estimate of drug-likeness (QED) is 0.878. The molecule has 6 nitrogen and oxygen atoms in total. The largest absolute Gasteiger partial charge is 0.493 e. The Hall–Kier alpha value is -2.21. The number of halogens is 1. The van der Waals surface area contributed by atoms with Gasteiger partial charge in [-0.25, -0.2) is 9.78 Å². The summed E-state index contributed by atoms with van der Waals surface area (Å²) >= 11 is 6.12. The molecule has 7 heteroatoms. The van der Waals surface area contributed by atoms with E-state index in [9.17, 15) is 4.79 Å². The summed E-state index contributed by atoms with van der Waals surface area (Å²) in [6.45, 7) is 0. The Morgan fingerprint density at radius 1 is 1.25 bits per heavy atom. The summed E-state index contributed by atoms with van der Waals surface area (Å²) in [7, 11) is 4.32. The third kappa shape index (κ3) is 2.55. The fraction of sp³-hybridized carbons (Fsp3) is 0.231. The average Bonchev–Trinajstić information content (AvgIpc) is 2.95. The van der Waals surface area contributed by atoms with Crippen molar-refractivity contribution in [3.63, 3.8) is 0 Å². The molecule has 0 saturated carbocycles. The van der Waals surface area contributed by atoms with Gasteiger partial charge in [-0.1, -0.05) is 11.6 Å². The standard InChI is InChI=1S/C13H13ClN2O4/c1-18-10-5-7(4-8(14)11(10)19-2)12-15-6-9(16-12)13(17)20-3/h4-6H,1-3H3,(H,15,16). The number of imidazole rings is 1. The first-order valence-electron chi connectivity index (χ1n) is 5.66. The van der Waals surface area contributed by atoms with E-state index in [-0.39, 0.29) is 5.69 Å². The number of nitrogens with one attached hydrogen (secondary N) is 1. The summed E-state index contributed by atoms with van der Waals surface area (Å²) in [5.41, 5.74) is 0.927. The number of H-pyrrole nitrogens is 1. The maximum absolute atomic E-state index is 11.4. The van der Waals surface area contributed by atoms with E-state index < -0.39 is 5.97 Å². The van der Waals surface area contributed by atoms with Gasteiger partial charge in [0.25, 0.3) is 0 Å². The highest BCUT2D eigenvalue weighted by Crippen LogP contribution is 2.38. The van der Waals surface area contributed by atoms with Gasteiger partial charge in [0.1, 0.15) is 11.5 Å². The van der Waals surface area contributed by atoms with Crippen LogP contribution in [0, 0.1) is 0 Å². The lowest BCUT2D eigenvalue weighted by molar-refractivity contribution is 0.0595. The molecule has 2 rings (SSSR count). The van der Waals surface area contributed by atoms with Crippen LogP contribution in [0.25, 0.3) is 11.4 Å². The number of benzene rings is 1. The zero-order valence-corrected chi connectivity index (χ0v) is 11.9. The van der Waals surface area contributed by atoms with Gasteiger partial charge in [0.2, 0.25) is 0 Å². The molecule has 106 valence electrons. The molecule has 0 bridgehead atoms. The summed E-state index contributed by atoms with van der Waals surface area (Å²) < 4.78 is 15.0. The van der Waals surface area contributed by atoms with Gasteiger partial charge in [0.05, 0.1) is 32.5 Å². The van der Waals surface area contributed by atoms with Crippen molar-refractivity contribution < 1.29 is 19.0 Å². The van der Waals surface area contributed by atoms with Crippen molar-refractivity contribution in [2.24, 2.45) is 0 Å². The van der Waals surface area contributed by atoms with Crippen LogP contribution in [0.1, 0.15) is 10.5 Å². The van der Waals surface area contributed by atoms with Crippen LogP contribution >= 0.6 is 11.6 Å². The Morgan fingerprint density at radius 2 is 2.00 bits per heavy atom. The van der Waals surface area contributed by atoms with E-state index in [1.165, 1.54) is 27.5 Å². The second-order valence-electron chi connectivity index (χ2n) is 3.83. The molecule has 0 fully saturated rings. The van der Waals surface area contributed by atoms with Crippen molar-refractivity contribution in [3.05, 3.63) is 29.0 Å². The first-order chi connectivity index (χ1) is 9.60. The van der Waals surface area contributed by atoms with Crippen LogP contribution < -0.4 is 9.47 Å². The second kappa shape index (κ2) is 5.83. The summed E-state index contributed by atoms with van der Waals surface area (Å²) in [6, 6.07) is 3.38. The van der Waals surface area contributed by atoms with Gasteiger partial charge >= 0.3 is 5.97 Å². The normalized spacial score (nSPS) is 10.2. The van der Waals surface area contributed by atoms with Crippen LogP contribution in [0.5, 0.6) is 11.5 Å². The van der Waals surface area contributed by atoms with Crippen LogP contribution in [-0.2, 0) is 4.74 Å². The number of rotatable bonds is 4. The van der Waals surface area contributed by atoms with E-state index in [2.05, 4.69) is 14.7 Å². The van der Waals surface area contributed by atoms with Crippen molar-refractivity contribution >= 4 is 17.6 Å². The van der Waals surface area contributed by atoms with Crippen LogP contribution in [0.15, 0.2) is 18.3 Å². The minimum atomic E-state index is -0.490. The number of carbonyl (C=O) groups excluding carboxylic acids is 1. The number of nitrogens with zero attached hydrogens (tertiary/aromatic N) is 1. The molecule has 0 aliphatic carbocycles. The monoisotopic (exact) mass is 296 g/mol. The smallest absolute Gasteiger partial charge is 0.356 e. The van der Waals surface area contributed by atoms with Crippen LogP contribution in [0.4, 0.5) is 0 Å². The van der Waals surface area contributed by atoms with E-state index in [1.54, 1.807) is 12.1 Å². The van der Waals surface area contributed by atoms with Crippen molar-refractivity contribution in [1.29, 1.82) is 0 Å². The van der Waals surface area contributed by atoms with Gasteiger partial charge in [-0.3, -0.25) is 0 Å². The topological polar surface area (TPSA) is 73.4 Å². The van der Waals surface area contributed by atoms with E-state index >= 15 is 0 Å². The highest BCUT2D eigenvalue weighted by molar-refractivity contribution is 6.32. The fourth-order valence-corrected chi connectivity index (χ4v) is 2.02. The van der Waals surface area contributed by atoms with Gasteiger partial charge in [0.15, 0.2) is 11.5 Å². The van der Waals surface area contributed by atoms with Crippen molar-refractivity contribution in [3.8, 4) is 22.9 Å². The molecular formula is C13H13ClN2O4. The van der Waals surface area contributed by atoms with E-state index in [4.69, 9.17) is 21.1 Å². The van der Waals surface area contributed by atoms with Gasteiger partial charge in [-0.15, -0.1) is 0 Å². The average molecular weight is 297 g/mol. The molecule has 20 heavy (non-hydrogen) atoms. The minimum Gasteiger partial charge on any atom is -0.493 e. The highest BCUT2D eigenvalue weighted by atomic mass is 35.5. The number of aromatic amines is 1. The number of esters is 1. The number of methoxy groups -OCH3 is 3. The Balaban J connectivity index is 2.45. The highest BCUT2D eigenvalue weighted by Gasteiger charge is 2.15. The lowest BCUT2D eigenvalue weighted by atomic mass is 10.2. The number of aromatic nitrogens is 2. The van der Waals surface area contributed by atoms with Crippen LogP contribution in [0.2, 0.25) is 5.02 Å². The molecule has 1 aromatic carbocycles. The predicted octanol–water partition coefficient (Wildman–Crippen LogP) is 2.53. The predicted molar refractivity (Wildman–Crippen MR) is 73.5 cm³/mol. The molecule has 0 saturated heterocycles. The lowest BCUT2D eigenvalue weighted by Crippen LogP contribution is -2.01. The molecule has 1 N–H and O–H groups in total. The first-order valence-corrected chi connectivity index (χ1v) is 6.03. The molecule has 0 aliphatic rings. The summed E-state index contributed by atoms with van der Waals surface area (Å²) in [4.78, 5) is 18.4. The zero-order chi connectivity index (χ0) is 14.7. The molecule has 0 radical (unpaired) electrons. The number of hydrogen-bond donors (Lipinski definition) is 1. The third-order valence-corrected chi connectivity index (χ3v) is 2.97. The molecular weight excluding hydrogens is 284 g/mol. The van der Waals surface area contributed by atoms with Gasteiger partial charge in [-0.05, 0) is 12.1 Å². The Labute approximate surface area is 120 Å². The lowest BCUT2D eigenvalue weighted by Gasteiger charge is -2.10. The number of hydrogen-bond acceptors (Lipinski definition) is 5. The van der Waals surface area contributed by atoms with E-state index in [0.29, 0.717) is 27.9 Å². The minimum absolute atomic E-state index is 0.258. The SMILES string of the molecule is COC(=O)c1cnc(-c2cc(Cl)c(OC)c(OC)c2)[nH]1. The van der Waals surface area contributed by atoms with Gasteiger partial charge in [-0.2, -0.15) is 0 Å². The summed E-state index contributed by atoms with van der Waals surface area (Å²) in [6.07, 6.45) is 1.39. The number of ether oxygens (including phenoxy) is 3. The third-order valence-electron chi connectivity index (χ3n) is 2.69. The van der Waals surface area contributed by atoms with Crippen molar-refractivity contribution in [2.45, 2.75) is 0 Å². The maximum atomic E-state index is 11.4. The molecule has 0 aliphatic heterocycles. The van der Waals surface area contributed by atoms with E-state index in [0.717, 1.165) is 0 Å². The Kier molecular flexibility index (Phi) is 4.14. The van der Waals surface area contributed by atoms with Crippen molar-refractivity contribution in [2.75, 3.05) is 21.3 Å². The summed E-state index contributed by atoms with van der Waals surface area (Å²) in [5.74, 6) is 0.909.